The molecule has 0 aromatic heterocycles. The van der Waals surface area contributed by atoms with E-state index in [-0.39, 0.29) is 0 Å². The van der Waals surface area contributed by atoms with Gasteiger partial charge in [-0.25, -0.2) is 4.99 Å². The van der Waals surface area contributed by atoms with Crippen LogP contribution in [0.5, 0.6) is 0 Å². The number of anilines is 3. The fourth-order valence-electron chi connectivity index (χ4n) is 2.93. The van der Waals surface area contributed by atoms with Gasteiger partial charge in [0.05, 0.1) is 12.2 Å². The highest BCUT2D eigenvalue weighted by atomic mass is 15.2. The van der Waals surface area contributed by atoms with E-state index in [0.717, 1.165) is 40.7 Å². The van der Waals surface area contributed by atoms with Gasteiger partial charge in [0.2, 0.25) is 0 Å². The normalized spacial score (nSPS) is 14.8. The van der Waals surface area contributed by atoms with Crippen molar-refractivity contribution in [2.45, 2.75) is 6.54 Å². The van der Waals surface area contributed by atoms with E-state index in [1.807, 2.05) is 54.6 Å². The molecule has 1 aliphatic heterocycles. The van der Waals surface area contributed by atoms with Gasteiger partial charge in [0.1, 0.15) is 5.84 Å². The second-order valence-corrected chi connectivity index (χ2v) is 5.86. The maximum atomic E-state index is 5.82. The van der Waals surface area contributed by atoms with E-state index in [9.17, 15) is 0 Å². The molecule has 1 aliphatic rings. The molecule has 0 atom stereocenters. The summed E-state index contributed by atoms with van der Waals surface area (Å²) in [7, 11) is 0. The van der Waals surface area contributed by atoms with Crippen LogP contribution in [0, 0.1) is 0 Å². The van der Waals surface area contributed by atoms with Crippen molar-refractivity contribution < 1.29 is 0 Å². The lowest BCUT2D eigenvalue weighted by molar-refractivity contribution is 1.05. The van der Waals surface area contributed by atoms with Crippen LogP contribution >= 0.6 is 0 Å². The Morgan fingerprint density at radius 3 is 2.08 bits per heavy atom. The number of aliphatic imine (C=N–C) groups is 1. The summed E-state index contributed by atoms with van der Waals surface area (Å²) in [5.74, 6) is 0.945. The van der Waals surface area contributed by atoms with Crippen molar-refractivity contribution in [3.63, 3.8) is 0 Å². The van der Waals surface area contributed by atoms with E-state index in [1.54, 1.807) is 0 Å². The van der Waals surface area contributed by atoms with E-state index < -0.39 is 0 Å². The minimum Gasteiger partial charge on any atom is -0.399 e. The second kappa shape index (κ2) is 5.74. The number of benzene rings is 3. The Morgan fingerprint density at radius 2 is 1.38 bits per heavy atom. The molecule has 0 bridgehead atoms. The van der Waals surface area contributed by atoms with Crippen molar-refractivity contribution in [1.29, 1.82) is 0 Å². The van der Waals surface area contributed by atoms with Gasteiger partial charge in [-0.15, -0.1) is 0 Å². The number of hydrogen-bond donors (Lipinski definition) is 2. The molecule has 0 saturated carbocycles. The molecule has 4 heteroatoms. The predicted molar refractivity (Wildman–Crippen MR) is 101 cm³/mol. The zero-order valence-corrected chi connectivity index (χ0v) is 13.2. The quantitative estimate of drug-likeness (QED) is 0.704. The monoisotopic (exact) mass is 314 g/mol. The average Bonchev–Trinajstić information content (AvgIpc) is 2.96. The lowest BCUT2D eigenvalue weighted by Crippen LogP contribution is -2.23. The fraction of sp³-hybridized carbons (Fsp3) is 0.0500. The highest BCUT2D eigenvalue weighted by Crippen LogP contribution is 2.31. The standard InChI is InChI=1S/C20H18N4/c21-15-5-9-17(10-6-15)23-20-19-4-2-1-3-14(19)13-24(20)18-11-7-16(22)8-12-18/h1-12H,13,21-22H2. The minimum atomic E-state index is 0.737. The molecule has 0 saturated heterocycles. The Bertz CT molecular complexity index is 896. The molecule has 0 aliphatic carbocycles. The highest BCUT2D eigenvalue weighted by Gasteiger charge is 2.26. The molecule has 4 N–H and O–H groups in total. The summed E-state index contributed by atoms with van der Waals surface area (Å²) in [6.45, 7) is 0.800. The lowest BCUT2D eigenvalue weighted by atomic mass is 10.1. The minimum absolute atomic E-state index is 0.737. The van der Waals surface area contributed by atoms with Gasteiger partial charge in [-0.05, 0) is 54.1 Å². The number of hydrogen-bond acceptors (Lipinski definition) is 3. The third-order valence-electron chi connectivity index (χ3n) is 4.18. The summed E-state index contributed by atoms with van der Waals surface area (Å²) in [5.41, 5.74) is 17.5. The van der Waals surface area contributed by atoms with Gasteiger partial charge in [-0.1, -0.05) is 24.3 Å². The molecule has 0 spiro atoms. The second-order valence-electron chi connectivity index (χ2n) is 5.86. The number of amidine groups is 1. The maximum absolute atomic E-state index is 5.82. The average molecular weight is 314 g/mol. The van der Waals surface area contributed by atoms with Gasteiger partial charge in [-0.2, -0.15) is 0 Å². The van der Waals surface area contributed by atoms with Crippen LogP contribution in [-0.2, 0) is 6.54 Å². The summed E-state index contributed by atoms with van der Waals surface area (Å²) in [4.78, 5) is 7.09. The molecule has 0 amide bonds. The van der Waals surface area contributed by atoms with Crippen LogP contribution in [-0.4, -0.2) is 5.84 Å². The Kier molecular flexibility index (Phi) is 3.43. The summed E-state index contributed by atoms with van der Waals surface area (Å²) >= 11 is 0. The van der Waals surface area contributed by atoms with Crippen LogP contribution in [0.25, 0.3) is 0 Å². The molecular formula is C20H18N4. The van der Waals surface area contributed by atoms with Crippen molar-refractivity contribution in [2.24, 2.45) is 4.99 Å². The van der Waals surface area contributed by atoms with Gasteiger partial charge < -0.3 is 16.4 Å². The SMILES string of the molecule is Nc1ccc(N=C2c3ccccc3CN2c2ccc(N)cc2)cc1. The van der Waals surface area contributed by atoms with Crippen molar-refractivity contribution in [3.8, 4) is 0 Å². The topological polar surface area (TPSA) is 67.6 Å². The van der Waals surface area contributed by atoms with Crippen LogP contribution in [0.3, 0.4) is 0 Å². The molecule has 0 unspecified atom stereocenters. The van der Waals surface area contributed by atoms with Crippen LogP contribution in [0.4, 0.5) is 22.7 Å². The summed E-state index contributed by atoms with van der Waals surface area (Å²) in [5, 5.41) is 0. The van der Waals surface area contributed by atoms with E-state index >= 15 is 0 Å². The van der Waals surface area contributed by atoms with Gasteiger partial charge >= 0.3 is 0 Å². The Hall–Kier alpha value is -3.27. The number of nitrogens with zero attached hydrogens (tertiary/aromatic N) is 2. The molecule has 118 valence electrons. The Morgan fingerprint density at radius 1 is 0.750 bits per heavy atom. The first-order valence-corrected chi connectivity index (χ1v) is 7.86. The Balaban J connectivity index is 1.81. The number of rotatable bonds is 2. The predicted octanol–water partition coefficient (Wildman–Crippen LogP) is 3.95. The summed E-state index contributed by atoms with van der Waals surface area (Å²) in [6, 6.07) is 23.9. The van der Waals surface area contributed by atoms with Gasteiger partial charge in [0, 0.05) is 22.6 Å². The smallest absolute Gasteiger partial charge is 0.141 e. The van der Waals surface area contributed by atoms with Crippen molar-refractivity contribution >= 4 is 28.6 Å². The van der Waals surface area contributed by atoms with Crippen molar-refractivity contribution in [2.75, 3.05) is 16.4 Å². The largest absolute Gasteiger partial charge is 0.399 e. The zero-order chi connectivity index (χ0) is 16.5. The number of nitrogen functional groups attached to an aromatic ring is 2. The molecule has 1 heterocycles. The van der Waals surface area contributed by atoms with E-state index in [4.69, 9.17) is 16.5 Å². The fourth-order valence-corrected chi connectivity index (χ4v) is 2.93. The molecule has 0 radical (unpaired) electrons. The summed E-state index contributed by atoms with van der Waals surface area (Å²) < 4.78 is 0. The molecule has 24 heavy (non-hydrogen) atoms. The first kappa shape index (κ1) is 14.3. The van der Waals surface area contributed by atoms with Gasteiger partial charge in [-0.3, -0.25) is 0 Å². The molecule has 4 nitrogen and oxygen atoms in total. The molecule has 4 rings (SSSR count). The van der Waals surface area contributed by atoms with E-state index in [2.05, 4.69) is 23.1 Å². The summed E-state index contributed by atoms with van der Waals surface area (Å²) in [6.07, 6.45) is 0. The Labute approximate surface area is 141 Å². The van der Waals surface area contributed by atoms with Gasteiger partial charge in [0.15, 0.2) is 0 Å². The third-order valence-corrected chi connectivity index (χ3v) is 4.18. The van der Waals surface area contributed by atoms with Crippen molar-refractivity contribution in [3.05, 3.63) is 83.9 Å². The molecule has 3 aromatic rings. The first-order chi connectivity index (χ1) is 11.7. The lowest BCUT2D eigenvalue weighted by Gasteiger charge is -2.19. The van der Waals surface area contributed by atoms with Gasteiger partial charge in [0.25, 0.3) is 0 Å². The van der Waals surface area contributed by atoms with Crippen LogP contribution in [0.15, 0.2) is 77.8 Å². The maximum Gasteiger partial charge on any atom is 0.141 e. The van der Waals surface area contributed by atoms with E-state index in [0.29, 0.717) is 0 Å². The zero-order valence-electron chi connectivity index (χ0n) is 13.2. The number of fused-ring (bicyclic) bond motifs is 1. The third kappa shape index (κ3) is 2.58. The number of nitrogens with two attached hydrogens (primary N) is 2. The molecule has 0 fully saturated rings. The van der Waals surface area contributed by atoms with Crippen LogP contribution < -0.4 is 16.4 Å². The first-order valence-electron chi connectivity index (χ1n) is 7.86. The molecular weight excluding hydrogens is 296 g/mol. The van der Waals surface area contributed by atoms with Crippen LogP contribution in [0.1, 0.15) is 11.1 Å². The van der Waals surface area contributed by atoms with E-state index in [1.165, 1.54) is 5.56 Å². The van der Waals surface area contributed by atoms with Crippen molar-refractivity contribution in [1.82, 2.24) is 0 Å². The molecule has 3 aromatic carbocycles. The van der Waals surface area contributed by atoms with Crippen LogP contribution in [0.2, 0.25) is 0 Å². The highest BCUT2D eigenvalue weighted by molar-refractivity contribution is 6.14.